The standard InChI is InChI=1S/C9H19O8P/c1-18(14)16-4-5-6(11)7(12)8(13)9(17-5)15-3-2-10/h5-14H,2-4H2,1H3. The summed E-state index contributed by atoms with van der Waals surface area (Å²) in [6.45, 7) is 0.986. The Kier molecular flexibility index (Phi) is 6.86. The second-order valence-electron chi connectivity index (χ2n) is 3.87. The van der Waals surface area contributed by atoms with E-state index in [9.17, 15) is 15.3 Å². The van der Waals surface area contributed by atoms with Crippen LogP contribution in [0.3, 0.4) is 0 Å². The maximum atomic E-state index is 9.67. The molecule has 9 heteroatoms. The minimum Gasteiger partial charge on any atom is -0.394 e. The minimum absolute atomic E-state index is 0.0708. The van der Waals surface area contributed by atoms with E-state index in [1.807, 2.05) is 0 Å². The molecule has 18 heavy (non-hydrogen) atoms. The molecule has 0 bridgehead atoms. The molecule has 6 unspecified atom stereocenters. The zero-order valence-electron chi connectivity index (χ0n) is 9.92. The number of rotatable bonds is 6. The number of ether oxygens (including phenoxy) is 2. The van der Waals surface area contributed by atoms with Gasteiger partial charge in [0.1, 0.15) is 24.4 Å². The van der Waals surface area contributed by atoms with Gasteiger partial charge in [-0.15, -0.1) is 0 Å². The van der Waals surface area contributed by atoms with Crippen LogP contribution in [0.4, 0.5) is 0 Å². The normalized spacial score (nSPS) is 38.7. The van der Waals surface area contributed by atoms with Crippen LogP contribution in [0.5, 0.6) is 0 Å². The fourth-order valence-electron chi connectivity index (χ4n) is 1.54. The first kappa shape index (κ1) is 16.2. The third-order valence-corrected chi connectivity index (χ3v) is 2.99. The largest absolute Gasteiger partial charge is 0.394 e. The van der Waals surface area contributed by atoms with Gasteiger partial charge in [0.15, 0.2) is 14.7 Å². The first-order valence-electron chi connectivity index (χ1n) is 5.45. The summed E-state index contributed by atoms with van der Waals surface area (Å²) in [4.78, 5) is 9.02. The molecule has 1 saturated heterocycles. The van der Waals surface area contributed by atoms with E-state index in [4.69, 9.17) is 24.0 Å². The Bertz CT molecular complexity index is 241. The van der Waals surface area contributed by atoms with Crippen molar-refractivity contribution < 1.29 is 39.3 Å². The highest BCUT2D eigenvalue weighted by Gasteiger charge is 2.44. The van der Waals surface area contributed by atoms with Crippen molar-refractivity contribution in [3.05, 3.63) is 0 Å². The zero-order valence-corrected chi connectivity index (χ0v) is 10.8. The summed E-state index contributed by atoms with van der Waals surface area (Å²) >= 11 is 0. The average Bonchev–Trinajstić information content (AvgIpc) is 2.34. The molecule has 1 heterocycles. The van der Waals surface area contributed by atoms with Gasteiger partial charge in [-0.3, -0.25) is 0 Å². The summed E-state index contributed by atoms with van der Waals surface area (Å²) in [5, 5.41) is 37.5. The van der Waals surface area contributed by atoms with E-state index >= 15 is 0 Å². The molecular weight excluding hydrogens is 267 g/mol. The SMILES string of the molecule is CP(O)OCC1OC(OCCO)C(O)C(O)C1O. The number of hydrogen-bond acceptors (Lipinski definition) is 8. The summed E-state index contributed by atoms with van der Waals surface area (Å²) in [5.74, 6) is 0. The maximum Gasteiger partial charge on any atom is 0.186 e. The van der Waals surface area contributed by atoms with Gasteiger partial charge >= 0.3 is 0 Å². The first-order chi connectivity index (χ1) is 8.47. The molecule has 0 aliphatic carbocycles. The highest BCUT2D eigenvalue weighted by Crippen LogP contribution is 2.28. The molecule has 0 radical (unpaired) electrons. The van der Waals surface area contributed by atoms with Crippen LogP contribution in [-0.4, -0.2) is 82.5 Å². The third kappa shape index (κ3) is 4.34. The summed E-state index contributed by atoms with van der Waals surface area (Å²) in [5.41, 5.74) is 0. The molecule has 0 aromatic rings. The molecular formula is C9H19O8P. The van der Waals surface area contributed by atoms with Crippen molar-refractivity contribution in [2.75, 3.05) is 26.5 Å². The lowest BCUT2D eigenvalue weighted by atomic mass is 9.99. The molecule has 0 saturated carbocycles. The van der Waals surface area contributed by atoms with Gasteiger partial charge in [0.25, 0.3) is 0 Å². The number of hydrogen-bond donors (Lipinski definition) is 5. The van der Waals surface area contributed by atoms with Gasteiger partial charge in [-0.05, 0) is 0 Å². The second-order valence-corrected chi connectivity index (χ2v) is 5.06. The molecule has 1 rings (SSSR count). The van der Waals surface area contributed by atoms with Gasteiger partial charge in [0, 0.05) is 6.66 Å². The van der Waals surface area contributed by atoms with E-state index in [-0.39, 0.29) is 19.8 Å². The molecule has 0 amide bonds. The molecule has 0 spiro atoms. The Morgan fingerprint density at radius 1 is 1.17 bits per heavy atom. The maximum absolute atomic E-state index is 9.67. The van der Waals surface area contributed by atoms with Crippen molar-refractivity contribution in [3.63, 3.8) is 0 Å². The molecule has 0 aromatic heterocycles. The Morgan fingerprint density at radius 2 is 1.83 bits per heavy atom. The predicted octanol–water partition coefficient (Wildman–Crippen LogP) is -2.25. The number of aliphatic hydroxyl groups excluding tert-OH is 4. The van der Waals surface area contributed by atoms with Crippen LogP contribution in [0, 0.1) is 0 Å². The van der Waals surface area contributed by atoms with Gasteiger partial charge in [-0.25, -0.2) is 0 Å². The van der Waals surface area contributed by atoms with Crippen LogP contribution in [0.15, 0.2) is 0 Å². The lowest BCUT2D eigenvalue weighted by molar-refractivity contribution is -0.300. The molecule has 5 N–H and O–H groups in total. The second kappa shape index (κ2) is 7.64. The average molecular weight is 286 g/mol. The molecule has 108 valence electrons. The van der Waals surface area contributed by atoms with E-state index in [1.54, 1.807) is 0 Å². The number of aliphatic hydroxyl groups is 4. The van der Waals surface area contributed by atoms with Crippen LogP contribution in [0.25, 0.3) is 0 Å². The van der Waals surface area contributed by atoms with Gasteiger partial charge in [-0.2, -0.15) is 0 Å². The van der Waals surface area contributed by atoms with Gasteiger partial charge < -0.3 is 39.3 Å². The van der Waals surface area contributed by atoms with Crippen molar-refractivity contribution in [1.82, 2.24) is 0 Å². The minimum atomic E-state index is -1.61. The molecule has 6 atom stereocenters. The third-order valence-electron chi connectivity index (χ3n) is 2.47. The molecule has 1 fully saturated rings. The molecule has 1 aliphatic heterocycles. The van der Waals surface area contributed by atoms with E-state index < -0.39 is 39.1 Å². The summed E-state index contributed by atoms with van der Waals surface area (Å²) in [7, 11) is -1.61. The lowest BCUT2D eigenvalue weighted by Crippen LogP contribution is -2.59. The van der Waals surface area contributed by atoms with Crippen molar-refractivity contribution in [1.29, 1.82) is 0 Å². The van der Waals surface area contributed by atoms with Crippen LogP contribution < -0.4 is 0 Å². The van der Waals surface area contributed by atoms with Gasteiger partial charge in [-0.1, -0.05) is 0 Å². The lowest BCUT2D eigenvalue weighted by Gasteiger charge is -2.40. The van der Waals surface area contributed by atoms with E-state index in [1.165, 1.54) is 6.66 Å². The van der Waals surface area contributed by atoms with Crippen molar-refractivity contribution in [2.24, 2.45) is 0 Å². The highest BCUT2D eigenvalue weighted by atomic mass is 31.2. The monoisotopic (exact) mass is 286 g/mol. The van der Waals surface area contributed by atoms with Crippen LogP contribution >= 0.6 is 8.38 Å². The Morgan fingerprint density at radius 3 is 2.39 bits per heavy atom. The van der Waals surface area contributed by atoms with Crippen molar-refractivity contribution >= 4 is 8.38 Å². The molecule has 0 aromatic carbocycles. The summed E-state index contributed by atoms with van der Waals surface area (Å²) < 4.78 is 15.1. The summed E-state index contributed by atoms with van der Waals surface area (Å²) in [6, 6.07) is 0. The fourth-order valence-corrected chi connectivity index (χ4v) is 1.90. The van der Waals surface area contributed by atoms with Crippen molar-refractivity contribution in [2.45, 2.75) is 30.7 Å². The Hall–Kier alpha value is 0.110. The topological polar surface area (TPSA) is 129 Å². The summed E-state index contributed by atoms with van der Waals surface area (Å²) in [6.07, 6.45) is -6.29. The Labute approximate surface area is 106 Å². The van der Waals surface area contributed by atoms with Gasteiger partial charge in [0.2, 0.25) is 0 Å². The molecule has 8 nitrogen and oxygen atoms in total. The quantitative estimate of drug-likeness (QED) is 0.346. The van der Waals surface area contributed by atoms with Crippen LogP contribution in [0.2, 0.25) is 0 Å². The van der Waals surface area contributed by atoms with Gasteiger partial charge in [0.05, 0.1) is 19.8 Å². The zero-order chi connectivity index (χ0) is 13.7. The highest BCUT2D eigenvalue weighted by molar-refractivity contribution is 7.45. The van der Waals surface area contributed by atoms with Crippen LogP contribution in [0.1, 0.15) is 0 Å². The van der Waals surface area contributed by atoms with Crippen LogP contribution in [-0.2, 0) is 14.0 Å². The predicted molar refractivity (Wildman–Crippen MR) is 60.7 cm³/mol. The van der Waals surface area contributed by atoms with Crippen molar-refractivity contribution in [3.8, 4) is 0 Å². The fraction of sp³-hybridized carbons (Fsp3) is 1.00. The first-order valence-corrected chi connectivity index (χ1v) is 7.11. The Balaban J connectivity index is 2.56. The van der Waals surface area contributed by atoms with E-state index in [0.29, 0.717) is 0 Å². The molecule has 1 aliphatic rings. The van der Waals surface area contributed by atoms with E-state index in [2.05, 4.69) is 0 Å². The van der Waals surface area contributed by atoms with E-state index in [0.717, 1.165) is 0 Å². The smallest absolute Gasteiger partial charge is 0.186 e.